The van der Waals surface area contributed by atoms with Gasteiger partial charge in [0.25, 0.3) is 0 Å². The monoisotopic (exact) mass is 236 g/mol. The minimum Gasteiger partial charge on any atom is -0.493 e. The van der Waals surface area contributed by atoms with Crippen molar-refractivity contribution in [2.45, 2.75) is 26.3 Å². The highest BCUT2D eigenvalue weighted by Crippen LogP contribution is 2.19. The lowest BCUT2D eigenvalue weighted by atomic mass is 10.1. The number of hydrogen-bond acceptors (Lipinski definition) is 3. The third-order valence-corrected chi connectivity index (χ3v) is 2.69. The molecule has 0 radical (unpaired) electrons. The van der Waals surface area contributed by atoms with E-state index in [1.807, 2.05) is 14.1 Å². The maximum absolute atomic E-state index is 5.99. The number of aryl methyl sites for hydroxylation is 2. The molecule has 3 heteroatoms. The molecule has 0 aliphatic heterocycles. The van der Waals surface area contributed by atoms with E-state index in [1.54, 1.807) is 0 Å². The summed E-state index contributed by atoms with van der Waals surface area (Å²) in [5.41, 5.74) is 8.39. The Hall–Kier alpha value is -1.06. The average molecular weight is 236 g/mol. The van der Waals surface area contributed by atoms with E-state index in [0.29, 0.717) is 6.61 Å². The van der Waals surface area contributed by atoms with Gasteiger partial charge in [0.1, 0.15) is 5.75 Å². The number of hydrogen-bond donors (Lipinski definition) is 1. The van der Waals surface area contributed by atoms with E-state index in [9.17, 15) is 0 Å². The highest BCUT2D eigenvalue weighted by atomic mass is 16.5. The molecule has 2 N–H and O–H groups in total. The average Bonchev–Trinajstić information content (AvgIpc) is 2.22. The number of rotatable bonds is 6. The van der Waals surface area contributed by atoms with Crippen LogP contribution in [0.4, 0.5) is 0 Å². The minimum absolute atomic E-state index is 0.176. The van der Waals surface area contributed by atoms with Crippen molar-refractivity contribution in [2.75, 3.05) is 27.2 Å². The van der Waals surface area contributed by atoms with Crippen LogP contribution in [-0.4, -0.2) is 38.2 Å². The van der Waals surface area contributed by atoms with E-state index in [0.717, 1.165) is 18.7 Å². The van der Waals surface area contributed by atoms with Gasteiger partial charge in [-0.1, -0.05) is 12.1 Å². The first-order valence-electron chi connectivity index (χ1n) is 6.09. The van der Waals surface area contributed by atoms with Crippen LogP contribution in [0.3, 0.4) is 0 Å². The number of ether oxygens (including phenoxy) is 1. The van der Waals surface area contributed by atoms with Gasteiger partial charge in [0, 0.05) is 12.6 Å². The molecular weight excluding hydrogens is 212 g/mol. The third kappa shape index (κ3) is 5.20. The van der Waals surface area contributed by atoms with E-state index in [1.165, 1.54) is 11.1 Å². The fraction of sp³-hybridized carbons (Fsp3) is 0.571. The molecule has 96 valence electrons. The molecule has 3 nitrogen and oxygen atoms in total. The van der Waals surface area contributed by atoms with Gasteiger partial charge in [0.2, 0.25) is 0 Å². The number of nitrogens with zero attached hydrogens (tertiary/aromatic N) is 1. The van der Waals surface area contributed by atoms with Crippen LogP contribution < -0.4 is 10.5 Å². The highest BCUT2D eigenvalue weighted by molar-refractivity contribution is 5.35. The molecule has 1 rings (SSSR count). The third-order valence-electron chi connectivity index (χ3n) is 2.69. The first kappa shape index (κ1) is 14.0. The van der Waals surface area contributed by atoms with Gasteiger partial charge in [-0.15, -0.1) is 0 Å². The Morgan fingerprint density at radius 2 is 2.00 bits per heavy atom. The predicted octanol–water partition coefficient (Wildman–Crippen LogP) is 1.96. The Balaban J connectivity index is 2.38. The first-order valence-corrected chi connectivity index (χ1v) is 6.09. The summed E-state index contributed by atoms with van der Waals surface area (Å²) >= 11 is 0. The van der Waals surface area contributed by atoms with Crippen molar-refractivity contribution in [1.82, 2.24) is 4.90 Å². The summed E-state index contributed by atoms with van der Waals surface area (Å²) in [6.45, 7) is 5.72. The molecule has 1 unspecified atom stereocenters. The molecule has 0 aliphatic carbocycles. The molecule has 0 bridgehead atoms. The van der Waals surface area contributed by atoms with Gasteiger partial charge in [0.15, 0.2) is 0 Å². The van der Waals surface area contributed by atoms with E-state index < -0.39 is 0 Å². The van der Waals surface area contributed by atoms with Crippen LogP contribution in [0.25, 0.3) is 0 Å². The Kier molecular flexibility index (Phi) is 5.45. The lowest BCUT2D eigenvalue weighted by Crippen LogP contribution is -2.34. The second-order valence-corrected chi connectivity index (χ2v) is 4.93. The number of nitrogens with two attached hydrogens (primary N) is 1. The maximum atomic E-state index is 5.99. The molecule has 0 fully saturated rings. The molecule has 1 atom stereocenters. The summed E-state index contributed by atoms with van der Waals surface area (Å²) in [5.74, 6) is 0.974. The van der Waals surface area contributed by atoms with Crippen molar-refractivity contribution in [2.24, 2.45) is 5.73 Å². The molecule has 0 spiro atoms. The van der Waals surface area contributed by atoms with E-state index in [4.69, 9.17) is 10.5 Å². The van der Waals surface area contributed by atoms with Crippen molar-refractivity contribution in [1.29, 1.82) is 0 Å². The van der Waals surface area contributed by atoms with Crippen molar-refractivity contribution >= 4 is 0 Å². The zero-order valence-corrected chi connectivity index (χ0v) is 11.4. The fourth-order valence-corrected chi connectivity index (χ4v) is 1.74. The number of benzene rings is 1. The van der Waals surface area contributed by atoms with Gasteiger partial charge in [0.05, 0.1) is 6.61 Å². The second kappa shape index (κ2) is 6.62. The van der Waals surface area contributed by atoms with E-state index in [2.05, 4.69) is 36.9 Å². The predicted molar refractivity (Wildman–Crippen MR) is 72.6 cm³/mol. The standard InChI is InChI=1S/C14H24N2O/c1-11-5-6-12(2)14(9-11)17-8-7-13(15)10-16(3)4/h5-6,9,13H,7-8,10,15H2,1-4H3. The summed E-state index contributed by atoms with van der Waals surface area (Å²) in [6.07, 6.45) is 0.881. The molecule has 0 aromatic heterocycles. The zero-order valence-electron chi connectivity index (χ0n) is 11.4. The second-order valence-electron chi connectivity index (χ2n) is 4.93. The van der Waals surface area contributed by atoms with Crippen LogP contribution in [0.15, 0.2) is 18.2 Å². The molecular formula is C14H24N2O. The van der Waals surface area contributed by atoms with Crippen LogP contribution in [0.1, 0.15) is 17.5 Å². The van der Waals surface area contributed by atoms with Gasteiger partial charge < -0.3 is 15.4 Å². The van der Waals surface area contributed by atoms with Crippen LogP contribution in [0, 0.1) is 13.8 Å². The van der Waals surface area contributed by atoms with Gasteiger partial charge >= 0.3 is 0 Å². The van der Waals surface area contributed by atoms with Crippen molar-refractivity contribution < 1.29 is 4.74 Å². The molecule has 0 saturated carbocycles. The van der Waals surface area contributed by atoms with E-state index in [-0.39, 0.29) is 6.04 Å². The van der Waals surface area contributed by atoms with Gasteiger partial charge in [-0.25, -0.2) is 0 Å². The Morgan fingerprint density at radius 1 is 1.29 bits per heavy atom. The van der Waals surface area contributed by atoms with Gasteiger partial charge in [-0.3, -0.25) is 0 Å². The van der Waals surface area contributed by atoms with Crippen LogP contribution in [0.5, 0.6) is 5.75 Å². The van der Waals surface area contributed by atoms with Crippen molar-refractivity contribution in [3.05, 3.63) is 29.3 Å². The van der Waals surface area contributed by atoms with Crippen LogP contribution in [0.2, 0.25) is 0 Å². The minimum atomic E-state index is 0.176. The molecule has 0 heterocycles. The fourth-order valence-electron chi connectivity index (χ4n) is 1.74. The summed E-state index contributed by atoms with van der Waals surface area (Å²) < 4.78 is 5.77. The molecule has 1 aromatic rings. The van der Waals surface area contributed by atoms with Gasteiger partial charge in [-0.05, 0) is 51.6 Å². The normalized spacial score (nSPS) is 12.8. The molecule has 0 aliphatic rings. The molecule has 1 aromatic carbocycles. The summed E-state index contributed by atoms with van der Waals surface area (Å²) in [5, 5.41) is 0. The van der Waals surface area contributed by atoms with E-state index >= 15 is 0 Å². The lowest BCUT2D eigenvalue weighted by molar-refractivity contribution is 0.275. The smallest absolute Gasteiger partial charge is 0.122 e. The maximum Gasteiger partial charge on any atom is 0.122 e. The molecule has 0 amide bonds. The Labute approximate surface area is 105 Å². The van der Waals surface area contributed by atoms with Crippen LogP contribution in [-0.2, 0) is 0 Å². The quantitative estimate of drug-likeness (QED) is 0.820. The SMILES string of the molecule is Cc1ccc(C)c(OCCC(N)CN(C)C)c1. The largest absolute Gasteiger partial charge is 0.493 e. The Bertz CT molecular complexity index is 350. The molecule has 0 saturated heterocycles. The lowest BCUT2D eigenvalue weighted by Gasteiger charge is -2.17. The van der Waals surface area contributed by atoms with Crippen LogP contribution >= 0.6 is 0 Å². The van der Waals surface area contributed by atoms with Gasteiger partial charge in [-0.2, -0.15) is 0 Å². The summed E-state index contributed by atoms with van der Waals surface area (Å²) in [6, 6.07) is 6.44. The summed E-state index contributed by atoms with van der Waals surface area (Å²) in [7, 11) is 4.07. The Morgan fingerprint density at radius 3 is 2.65 bits per heavy atom. The molecule has 17 heavy (non-hydrogen) atoms. The van der Waals surface area contributed by atoms with Crippen molar-refractivity contribution in [3.63, 3.8) is 0 Å². The number of likely N-dealkylation sites (N-methyl/N-ethyl adjacent to an activating group) is 1. The zero-order chi connectivity index (χ0) is 12.8. The van der Waals surface area contributed by atoms with Crippen molar-refractivity contribution in [3.8, 4) is 5.75 Å². The highest BCUT2D eigenvalue weighted by Gasteiger charge is 2.05. The topological polar surface area (TPSA) is 38.5 Å². The summed E-state index contributed by atoms with van der Waals surface area (Å²) in [4.78, 5) is 2.10. The first-order chi connectivity index (χ1) is 7.99.